The minimum atomic E-state index is -0.382. The summed E-state index contributed by atoms with van der Waals surface area (Å²) in [4.78, 5) is 15.5. The summed E-state index contributed by atoms with van der Waals surface area (Å²) in [5, 5.41) is 5.90. The molecule has 0 aromatic carbocycles. The van der Waals surface area contributed by atoms with Crippen LogP contribution >= 0.6 is 11.9 Å². The van der Waals surface area contributed by atoms with Crippen molar-refractivity contribution < 1.29 is 9.53 Å². The zero-order valence-electron chi connectivity index (χ0n) is 8.11. The number of aryl methyl sites for hydroxylation is 1. The van der Waals surface area contributed by atoms with Gasteiger partial charge in [0.25, 0.3) is 0 Å². The maximum absolute atomic E-state index is 11.4. The third kappa shape index (κ3) is 2.46. The number of ether oxygens (including phenoxy) is 1. The van der Waals surface area contributed by atoms with E-state index in [1.807, 2.05) is 6.92 Å². The molecule has 4 nitrogen and oxygen atoms in total. The molecule has 2 N–H and O–H groups in total. The van der Waals surface area contributed by atoms with Crippen LogP contribution in [0.5, 0.6) is 0 Å². The van der Waals surface area contributed by atoms with Gasteiger partial charge in [-0.05, 0) is 37.9 Å². The molecule has 0 saturated heterocycles. The molecule has 1 aromatic rings. The van der Waals surface area contributed by atoms with Gasteiger partial charge in [-0.25, -0.2) is 9.78 Å². The molecule has 76 valence electrons. The number of nitrogens with zero attached hydrogens (tertiary/aromatic N) is 1. The van der Waals surface area contributed by atoms with E-state index in [0.717, 1.165) is 17.6 Å². The molecule has 0 spiro atoms. The fourth-order valence-electron chi connectivity index (χ4n) is 0.987. The first-order chi connectivity index (χ1) is 6.69. The summed E-state index contributed by atoms with van der Waals surface area (Å²) in [6.45, 7) is 3.95. The molecule has 0 saturated carbocycles. The van der Waals surface area contributed by atoms with E-state index in [1.54, 1.807) is 19.1 Å². The lowest BCUT2D eigenvalue weighted by atomic mass is 10.2. The van der Waals surface area contributed by atoms with Crippen LogP contribution in [0.3, 0.4) is 0 Å². The van der Waals surface area contributed by atoms with Gasteiger partial charge in [0.05, 0.1) is 12.2 Å². The Balaban J connectivity index is 3.01. The zero-order valence-corrected chi connectivity index (χ0v) is 8.93. The van der Waals surface area contributed by atoms with Crippen LogP contribution in [0.25, 0.3) is 0 Å². The fraction of sp³-hybridized carbons (Fsp3) is 0.333. The number of carbonyl (C=O) groups excluding carboxylic acids is 1. The second-order valence-corrected chi connectivity index (χ2v) is 3.27. The average molecular weight is 212 g/mol. The minimum Gasteiger partial charge on any atom is -0.462 e. The molecule has 0 atom stereocenters. The molecule has 0 aliphatic heterocycles. The van der Waals surface area contributed by atoms with E-state index in [9.17, 15) is 4.79 Å². The predicted octanol–water partition coefficient (Wildman–Crippen LogP) is 1.53. The zero-order chi connectivity index (χ0) is 10.6. The first-order valence-corrected chi connectivity index (χ1v) is 5.08. The van der Waals surface area contributed by atoms with Crippen LogP contribution in [0.1, 0.15) is 23.0 Å². The molecule has 0 aliphatic rings. The van der Waals surface area contributed by atoms with Crippen LogP contribution in [0, 0.1) is 6.92 Å². The Morgan fingerprint density at radius 1 is 1.64 bits per heavy atom. The van der Waals surface area contributed by atoms with Crippen molar-refractivity contribution in [2.75, 3.05) is 6.61 Å². The van der Waals surface area contributed by atoms with E-state index in [0.29, 0.717) is 17.2 Å². The number of nitrogens with two attached hydrogens (primary N) is 1. The summed E-state index contributed by atoms with van der Waals surface area (Å²) in [5.41, 5.74) is 1.25. The third-order valence-corrected chi connectivity index (χ3v) is 2.14. The van der Waals surface area contributed by atoms with Crippen molar-refractivity contribution in [2.24, 2.45) is 5.14 Å². The van der Waals surface area contributed by atoms with Crippen LogP contribution < -0.4 is 5.14 Å². The van der Waals surface area contributed by atoms with Crippen molar-refractivity contribution in [1.29, 1.82) is 0 Å². The second kappa shape index (κ2) is 4.97. The Labute approximate surface area is 87.0 Å². The van der Waals surface area contributed by atoms with E-state index in [4.69, 9.17) is 9.88 Å². The molecule has 0 unspecified atom stereocenters. The van der Waals surface area contributed by atoms with Crippen molar-refractivity contribution in [2.45, 2.75) is 18.9 Å². The number of hydrogen-bond donors (Lipinski definition) is 1. The van der Waals surface area contributed by atoms with Crippen LogP contribution in [0.2, 0.25) is 0 Å². The van der Waals surface area contributed by atoms with Crippen molar-refractivity contribution in [1.82, 2.24) is 4.98 Å². The highest BCUT2D eigenvalue weighted by molar-refractivity contribution is 7.97. The van der Waals surface area contributed by atoms with Gasteiger partial charge >= 0.3 is 5.97 Å². The van der Waals surface area contributed by atoms with Crippen molar-refractivity contribution >= 4 is 17.9 Å². The van der Waals surface area contributed by atoms with Gasteiger partial charge in [0.1, 0.15) is 5.03 Å². The van der Waals surface area contributed by atoms with Crippen LogP contribution in [-0.2, 0) is 4.74 Å². The first-order valence-electron chi connectivity index (χ1n) is 4.20. The molecule has 0 fully saturated rings. The Bertz CT molecular complexity index is 342. The smallest absolute Gasteiger partial charge is 0.340 e. The molecule has 0 amide bonds. The maximum atomic E-state index is 11.4. The summed E-state index contributed by atoms with van der Waals surface area (Å²) in [6, 6.07) is 3.43. The summed E-state index contributed by atoms with van der Waals surface area (Å²) in [6.07, 6.45) is 0. The van der Waals surface area contributed by atoms with Gasteiger partial charge in [-0.3, -0.25) is 5.14 Å². The van der Waals surface area contributed by atoms with Gasteiger partial charge in [0, 0.05) is 5.69 Å². The molecule has 1 rings (SSSR count). The van der Waals surface area contributed by atoms with Gasteiger partial charge < -0.3 is 4.74 Å². The van der Waals surface area contributed by atoms with Gasteiger partial charge in [-0.1, -0.05) is 0 Å². The monoisotopic (exact) mass is 212 g/mol. The van der Waals surface area contributed by atoms with Crippen molar-refractivity contribution in [3.8, 4) is 0 Å². The standard InChI is InChI=1S/C9H12N2O2S/c1-3-13-9(12)7-5-4-6(2)11-8(7)14-10/h4-5H,3,10H2,1-2H3. The van der Waals surface area contributed by atoms with E-state index < -0.39 is 0 Å². The highest BCUT2D eigenvalue weighted by Gasteiger charge is 2.13. The van der Waals surface area contributed by atoms with Crippen molar-refractivity contribution in [3.05, 3.63) is 23.4 Å². The van der Waals surface area contributed by atoms with Crippen LogP contribution in [0.4, 0.5) is 0 Å². The molecule has 0 aliphatic carbocycles. The van der Waals surface area contributed by atoms with Gasteiger partial charge in [0.15, 0.2) is 0 Å². The van der Waals surface area contributed by atoms with Crippen molar-refractivity contribution in [3.63, 3.8) is 0 Å². The largest absolute Gasteiger partial charge is 0.462 e. The minimum absolute atomic E-state index is 0.349. The second-order valence-electron chi connectivity index (χ2n) is 2.64. The summed E-state index contributed by atoms with van der Waals surface area (Å²) in [5.74, 6) is -0.382. The lowest BCUT2D eigenvalue weighted by Crippen LogP contribution is -2.08. The summed E-state index contributed by atoms with van der Waals surface area (Å²) >= 11 is 0.952. The Morgan fingerprint density at radius 3 is 2.93 bits per heavy atom. The summed E-state index contributed by atoms with van der Waals surface area (Å²) in [7, 11) is 0. The lowest BCUT2D eigenvalue weighted by molar-refractivity contribution is 0.0521. The molecule has 14 heavy (non-hydrogen) atoms. The first kappa shape index (κ1) is 11.0. The molecule has 5 heteroatoms. The highest BCUT2D eigenvalue weighted by Crippen LogP contribution is 2.16. The van der Waals surface area contributed by atoms with Gasteiger partial charge in [-0.2, -0.15) is 0 Å². The lowest BCUT2D eigenvalue weighted by Gasteiger charge is -2.05. The Morgan fingerprint density at radius 2 is 2.36 bits per heavy atom. The molecule has 1 aromatic heterocycles. The predicted molar refractivity (Wildman–Crippen MR) is 55.0 cm³/mol. The highest BCUT2D eigenvalue weighted by atomic mass is 32.2. The third-order valence-electron chi connectivity index (χ3n) is 1.61. The average Bonchev–Trinajstić information content (AvgIpc) is 2.17. The fourth-order valence-corrected chi connectivity index (χ4v) is 1.46. The van der Waals surface area contributed by atoms with E-state index in [2.05, 4.69) is 4.98 Å². The molecule has 0 radical (unpaired) electrons. The molecule has 0 bridgehead atoms. The SMILES string of the molecule is CCOC(=O)c1ccc(C)nc1SN. The van der Waals surface area contributed by atoms with Crippen LogP contribution in [0.15, 0.2) is 17.2 Å². The molecular weight excluding hydrogens is 200 g/mol. The number of aromatic nitrogens is 1. The maximum Gasteiger partial charge on any atom is 0.340 e. The summed E-state index contributed by atoms with van der Waals surface area (Å²) < 4.78 is 4.86. The van der Waals surface area contributed by atoms with E-state index in [1.165, 1.54) is 0 Å². The van der Waals surface area contributed by atoms with E-state index in [-0.39, 0.29) is 5.97 Å². The number of hydrogen-bond acceptors (Lipinski definition) is 5. The number of carbonyl (C=O) groups is 1. The number of rotatable bonds is 3. The van der Waals surface area contributed by atoms with E-state index >= 15 is 0 Å². The normalized spacial score (nSPS) is 9.93. The topological polar surface area (TPSA) is 65.2 Å². The molecular formula is C9H12N2O2S. The van der Waals surface area contributed by atoms with Gasteiger partial charge in [-0.15, -0.1) is 0 Å². The Kier molecular flexibility index (Phi) is 3.91. The quantitative estimate of drug-likeness (QED) is 0.608. The number of esters is 1. The Hall–Kier alpha value is -1.07. The van der Waals surface area contributed by atoms with Crippen LogP contribution in [-0.4, -0.2) is 17.6 Å². The molecule has 1 heterocycles. The number of pyridine rings is 1. The van der Waals surface area contributed by atoms with Gasteiger partial charge in [0.2, 0.25) is 0 Å².